The standard InChI is InChI=1S/C13H14N2O.C13H10O/c14-13(15)8-6-11(7-9-13)12(16)10-4-2-1-3-5-10;14-13(11-7-3-1-4-8-11)12-9-5-2-6-10-12/h1-8H,9,14-15H2;1-10H. The van der Waals surface area contributed by atoms with Crippen LogP contribution >= 0.6 is 0 Å². The number of hydrogen-bond donors (Lipinski definition) is 2. The summed E-state index contributed by atoms with van der Waals surface area (Å²) in [5.41, 5.74) is 13.4. The van der Waals surface area contributed by atoms with E-state index in [2.05, 4.69) is 0 Å². The molecule has 30 heavy (non-hydrogen) atoms. The van der Waals surface area contributed by atoms with E-state index in [-0.39, 0.29) is 11.6 Å². The van der Waals surface area contributed by atoms with E-state index < -0.39 is 5.66 Å². The van der Waals surface area contributed by atoms with Crippen LogP contribution in [0.4, 0.5) is 0 Å². The van der Waals surface area contributed by atoms with Crippen molar-refractivity contribution in [2.24, 2.45) is 11.5 Å². The van der Waals surface area contributed by atoms with Crippen molar-refractivity contribution < 1.29 is 9.59 Å². The van der Waals surface area contributed by atoms with Crippen LogP contribution in [0.25, 0.3) is 0 Å². The normalized spacial score (nSPS) is 14.1. The van der Waals surface area contributed by atoms with Crippen LogP contribution in [0.1, 0.15) is 32.7 Å². The molecule has 4 heteroatoms. The fraction of sp³-hybridized carbons (Fsp3) is 0.0769. The Morgan fingerprint density at radius 3 is 1.40 bits per heavy atom. The van der Waals surface area contributed by atoms with Crippen LogP contribution < -0.4 is 11.5 Å². The van der Waals surface area contributed by atoms with E-state index in [4.69, 9.17) is 11.5 Å². The molecule has 0 aliphatic heterocycles. The molecule has 0 amide bonds. The van der Waals surface area contributed by atoms with Crippen LogP contribution in [0.5, 0.6) is 0 Å². The Kier molecular flexibility index (Phi) is 6.86. The Balaban J connectivity index is 0.000000172. The van der Waals surface area contributed by atoms with Gasteiger partial charge in [0.2, 0.25) is 0 Å². The van der Waals surface area contributed by atoms with Gasteiger partial charge in [0, 0.05) is 28.7 Å². The van der Waals surface area contributed by atoms with E-state index in [1.807, 2.05) is 78.9 Å². The summed E-state index contributed by atoms with van der Waals surface area (Å²) in [5, 5.41) is 0. The summed E-state index contributed by atoms with van der Waals surface area (Å²) in [6.45, 7) is 0. The van der Waals surface area contributed by atoms with Gasteiger partial charge in [-0.25, -0.2) is 0 Å². The quantitative estimate of drug-likeness (QED) is 0.509. The van der Waals surface area contributed by atoms with Crippen molar-refractivity contribution in [2.75, 3.05) is 0 Å². The molecule has 0 spiro atoms. The van der Waals surface area contributed by atoms with Gasteiger partial charge in [0.05, 0.1) is 5.66 Å². The summed E-state index contributed by atoms with van der Waals surface area (Å²) < 4.78 is 0. The molecular formula is C26H24N2O2. The number of benzene rings is 3. The van der Waals surface area contributed by atoms with Crippen LogP contribution in [0, 0.1) is 0 Å². The molecule has 3 aromatic rings. The van der Waals surface area contributed by atoms with Gasteiger partial charge in [-0.05, 0) is 6.08 Å². The zero-order valence-corrected chi connectivity index (χ0v) is 16.6. The van der Waals surface area contributed by atoms with Crippen molar-refractivity contribution in [1.29, 1.82) is 0 Å². The van der Waals surface area contributed by atoms with Crippen molar-refractivity contribution in [3.8, 4) is 0 Å². The number of allylic oxidation sites excluding steroid dienone is 2. The molecule has 3 aromatic carbocycles. The maximum atomic E-state index is 12.0. The number of rotatable bonds is 4. The molecule has 0 saturated heterocycles. The highest BCUT2D eigenvalue weighted by Gasteiger charge is 2.20. The van der Waals surface area contributed by atoms with Gasteiger partial charge in [-0.2, -0.15) is 0 Å². The number of ketones is 2. The van der Waals surface area contributed by atoms with Gasteiger partial charge in [0.25, 0.3) is 0 Å². The smallest absolute Gasteiger partial charge is 0.193 e. The molecule has 0 unspecified atom stereocenters. The third-order valence-electron chi connectivity index (χ3n) is 4.62. The molecule has 1 aliphatic carbocycles. The van der Waals surface area contributed by atoms with Gasteiger partial charge in [-0.15, -0.1) is 0 Å². The highest BCUT2D eigenvalue weighted by molar-refractivity contribution is 6.10. The molecule has 0 aromatic heterocycles. The van der Waals surface area contributed by atoms with Gasteiger partial charge in [0.1, 0.15) is 0 Å². The van der Waals surface area contributed by atoms with E-state index in [9.17, 15) is 9.59 Å². The molecule has 0 bridgehead atoms. The summed E-state index contributed by atoms with van der Waals surface area (Å²) in [6, 6.07) is 27.8. The van der Waals surface area contributed by atoms with Gasteiger partial charge in [-0.1, -0.05) is 103 Å². The SMILES string of the molecule is NC1(N)C=CC(C(=O)c2ccccc2)=CC1.O=C(c1ccccc1)c1ccccc1. The number of carbonyl (C=O) groups excluding carboxylic acids is 2. The van der Waals surface area contributed by atoms with Crippen molar-refractivity contribution in [1.82, 2.24) is 0 Å². The van der Waals surface area contributed by atoms with Crippen LogP contribution in [0.15, 0.2) is 115 Å². The Morgan fingerprint density at radius 2 is 1.03 bits per heavy atom. The largest absolute Gasteiger partial charge is 0.310 e. The van der Waals surface area contributed by atoms with Crippen LogP contribution in [-0.2, 0) is 0 Å². The molecule has 0 saturated carbocycles. The Bertz CT molecular complexity index is 1010. The van der Waals surface area contributed by atoms with Gasteiger partial charge in [-0.3, -0.25) is 9.59 Å². The number of Topliss-reactive ketones (excluding diaryl/α,β-unsaturated/α-hetero) is 1. The van der Waals surface area contributed by atoms with Crippen LogP contribution in [0.2, 0.25) is 0 Å². The molecule has 0 radical (unpaired) electrons. The van der Waals surface area contributed by atoms with Crippen molar-refractivity contribution in [2.45, 2.75) is 12.1 Å². The molecule has 0 fully saturated rings. The second-order valence-electron chi connectivity index (χ2n) is 7.07. The lowest BCUT2D eigenvalue weighted by atomic mass is 9.94. The molecule has 150 valence electrons. The lowest BCUT2D eigenvalue weighted by molar-refractivity contribution is 0.103. The fourth-order valence-corrected chi connectivity index (χ4v) is 2.94. The first-order valence-electron chi connectivity index (χ1n) is 9.68. The van der Waals surface area contributed by atoms with E-state index in [0.717, 1.165) is 11.1 Å². The third-order valence-corrected chi connectivity index (χ3v) is 4.62. The number of hydrogen-bond acceptors (Lipinski definition) is 4. The highest BCUT2D eigenvalue weighted by Crippen LogP contribution is 2.18. The monoisotopic (exact) mass is 396 g/mol. The first-order chi connectivity index (χ1) is 14.5. The first-order valence-corrected chi connectivity index (χ1v) is 9.68. The second kappa shape index (κ2) is 9.74. The highest BCUT2D eigenvalue weighted by atomic mass is 16.1. The summed E-state index contributed by atoms with van der Waals surface area (Å²) >= 11 is 0. The van der Waals surface area contributed by atoms with Crippen LogP contribution in [0.3, 0.4) is 0 Å². The maximum absolute atomic E-state index is 12.0. The Labute approximate surface area is 176 Å². The molecule has 4 rings (SSSR count). The lowest BCUT2D eigenvalue weighted by Gasteiger charge is -2.22. The topological polar surface area (TPSA) is 86.2 Å². The van der Waals surface area contributed by atoms with E-state index in [1.165, 1.54) is 0 Å². The molecule has 0 heterocycles. The molecule has 4 nitrogen and oxygen atoms in total. The minimum absolute atomic E-state index is 0.00681. The molecule has 0 atom stereocenters. The first kappa shape index (κ1) is 21.1. The van der Waals surface area contributed by atoms with Crippen molar-refractivity contribution in [3.05, 3.63) is 131 Å². The van der Waals surface area contributed by atoms with Crippen molar-refractivity contribution >= 4 is 11.6 Å². The van der Waals surface area contributed by atoms with Gasteiger partial charge < -0.3 is 11.5 Å². The third kappa shape index (κ3) is 5.70. The summed E-state index contributed by atoms with van der Waals surface area (Å²) in [6.07, 6.45) is 5.63. The fourth-order valence-electron chi connectivity index (χ4n) is 2.94. The summed E-state index contributed by atoms with van der Waals surface area (Å²) in [5.74, 6) is 0.0820. The zero-order chi connectivity index (χ0) is 21.4. The lowest BCUT2D eigenvalue weighted by Crippen LogP contribution is -2.47. The number of carbonyl (C=O) groups is 2. The minimum atomic E-state index is -0.819. The molecular weight excluding hydrogens is 372 g/mol. The predicted molar refractivity (Wildman–Crippen MR) is 120 cm³/mol. The van der Waals surface area contributed by atoms with Gasteiger partial charge in [0.15, 0.2) is 11.6 Å². The van der Waals surface area contributed by atoms with Gasteiger partial charge >= 0.3 is 0 Å². The van der Waals surface area contributed by atoms with Crippen molar-refractivity contribution in [3.63, 3.8) is 0 Å². The molecule has 4 N–H and O–H groups in total. The summed E-state index contributed by atoms with van der Waals surface area (Å²) in [4.78, 5) is 23.9. The van der Waals surface area contributed by atoms with Crippen LogP contribution in [-0.4, -0.2) is 17.2 Å². The van der Waals surface area contributed by atoms with E-state index in [0.29, 0.717) is 17.6 Å². The predicted octanol–water partition coefficient (Wildman–Crippen LogP) is 4.29. The number of nitrogens with two attached hydrogens (primary N) is 2. The average molecular weight is 396 g/mol. The van der Waals surface area contributed by atoms with E-state index in [1.54, 1.807) is 30.4 Å². The Hall–Kier alpha value is -3.60. The minimum Gasteiger partial charge on any atom is -0.310 e. The summed E-state index contributed by atoms with van der Waals surface area (Å²) in [7, 11) is 0. The molecule has 1 aliphatic rings. The average Bonchev–Trinajstić information content (AvgIpc) is 2.80. The maximum Gasteiger partial charge on any atom is 0.193 e. The second-order valence-corrected chi connectivity index (χ2v) is 7.07. The Morgan fingerprint density at radius 1 is 0.633 bits per heavy atom. The zero-order valence-electron chi connectivity index (χ0n) is 16.6. The van der Waals surface area contributed by atoms with E-state index >= 15 is 0 Å².